The van der Waals surface area contributed by atoms with Crippen molar-refractivity contribution in [3.8, 4) is 5.75 Å². The topological polar surface area (TPSA) is 67.6 Å². The van der Waals surface area contributed by atoms with Gasteiger partial charge in [0, 0.05) is 29.7 Å². The number of carbonyl (C=O) groups excluding carboxylic acids is 1. The Morgan fingerprint density at radius 1 is 1.36 bits per heavy atom. The van der Waals surface area contributed by atoms with Gasteiger partial charge >= 0.3 is 0 Å². The van der Waals surface area contributed by atoms with Gasteiger partial charge in [-0.05, 0) is 43.2 Å². The number of piperidine rings is 1. The van der Waals surface area contributed by atoms with Gasteiger partial charge in [-0.25, -0.2) is 0 Å². The Hall–Kier alpha value is -2.54. The Bertz CT molecular complexity index is 955. The quantitative estimate of drug-likeness (QED) is 0.641. The molecule has 0 aliphatic carbocycles. The molecule has 1 fully saturated rings. The maximum absolute atomic E-state index is 12.8. The summed E-state index contributed by atoms with van der Waals surface area (Å²) in [6, 6.07) is 14.1. The van der Waals surface area contributed by atoms with Crippen molar-refractivity contribution in [2.24, 2.45) is 5.92 Å². The molecule has 1 amide bonds. The van der Waals surface area contributed by atoms with Crippen molar-refractivity contribution < 1.29 is 13.9 Å². The number of amides is 1. The largest absolute Gasteiger partial charge is 0.496 e. The second-order valence-electron chi connectivity index (χ2n) is 6.92. The van der Waals surface area contributed by atoms with Crippen LogP contribution in [-0.2, 0) is 11.3 Å². The highest BCUT2D eigenvalue weighted by atomic mass is 79.9. The molecule has 3 aromatic rings. The Morgan fingerprint density at radius 2 is 2.21 bits per heavy atom. The first kappa shape index (κ1) is 18.8. The molecule has 0 bridgehead atoms. The number of para-hydroxylation sites is 2. The highest BCUT2D eigenvalue weighted by molar-refractivity contribution is 9.10. The minimum absolute atomic E-state index is 0.0443. The summed E-state index contributed by atoms with van der Waals surface area (Å²) in [7, 11) is 1.63. The van der Waals surface area contributed by atoms with E-state index in [9.17, 15) is 4.79 Å². The molecule has 7 heteroatoms. The standard InChI is InChI=1S/C21H22BrN3O3/c1-27-18-9-8-16(22)11-15(18)12-23-20(26)14-5-4-10-25(13-14)21-24-17-6-2-3-7-19(17)28-21/h2-3,6-9,11,14H,4-5,10,12-13H2,1H3,(H,23,26)/t14-/m1/s1. The Kier molecular flexibility index (Phi) is 5.52. The number of halogens is 1. The van der Waals surface area contributed by atoms with E-state index >= 15 is 0 Å². The highest BCUT2D eigenvalue weighted by Gasteiger charge is 2.28. The van der Waals surface area contributed by atoms with Crippen molar-refractivity contribution in [1.29, 1.82) is 0 Å². The average molecular weight is 444 g/mol. The first-order valence-corrected chi connectivity index (χ1v) is 10.1. The summed E-state index contributed by atoms with van der Waals surface area (Å²) in [5, 5.41) is 3.05. The number of aromatic nitrogens is 1. The van der Waals surface area contributed by atoms with E-state index < -0.39 is 0 Å². The maximum atomic E-state index is 12.8. The summed E-state index contributed by atoms with van der Waals surface area (Å²) in [5.74, 6) is 0.713. The number of oxazole rings is 1. The molecule has 2 heterocycles. The number of rotatable bonds is 5. The molecule has 1 aliphatic heterocycles. The van der Waals surface area contributed by atoms with Crippen molar-refractivity contribution in [1.82, 2.24) is 10.3 Å². The van der Waals surface area contributed by atoms with Crippen LogP contribution in [-0.4, -0.2) is 31.1 Å². The van der Waals surface area contributed by atoms with Gasteiger partial charge in [0.2, 0.25) is 5.91 Å². The lowest BCUT2D eigenvalue weighted by atomic mass is 9.97. The molecule has 0 spiro atoms. The first-order valence-electron chi connectivity index (χ1n) is 9.34. The van der Waals surface area contributed by atoms with Gasteiger partial charge in [0.1, 0.15) is 11.3 Å². The molecule has 1 N–H and O–H groups in total. The molecule has 4 rings (SSSR count). The van der Waals surface area contributed by atoms with Crippen molar-refractivity contribution in [3.05, 3.63) is 52.5 Å². The molecule has 6 nitrogen and oxygen atoms in total. The van der Waals surface area contributed by atoms with Crippen LogP contribution in [0, 0.1) is 5.92 Å². The van der Waals surface area contributed by atoms with E-state index in [0.717, 1.165) is 46.3 Å². The van der Waals surface area contributed by atoms with Crippen LogP contribution in [0.1, 0.15) is 18.4 Å². The van der Waals surface area contributed by atoms with E-state index in [0.29, 0.717) is 19.1 Å². The molecule has 146 valence electrons. The summed E-state index contributed by atoms with van der Waals surface area (Å²) in [6.45, 7) is 1.88. The number of hydrogen-bond donors (Lipinski definition) is 1. The van der Waals surface area contributed by atoms with Crippen LogP contribution in [0.4, 0.5) is 6.01 Å². The molecule has 0 unspecified atom stereocenters. The zero-order valence-electron chi connectivity index (χ0n) is 15.7. The fraction of sp³-hybridized carbons (Fsp3) is 0.333. The monoisotopic (exact) mass is 443 g/mol. The number of nitrogens with one attached hydrogen (secondary N) is 1. The molecular formula is C21H22BrN3O3. The zero-order chi connectivity index (χ0) is 19.5. The van der Waals surface area contributed by atoms with Crippen LogP contribution in [0.5, 0.6) is 5.75 Å². The average Bonchev–Trinajstić information content (AvgIpc) is 3.16. The number of fused-ring (bicyclic) bond motifs is 1. The SMILES string of the molecule is COc1ccc(Br)cc1CNC(=O)[C@@H]1CCCN(c2nc3ccccc3o2)C1. The van der Waals surface area contributed by atoms with Crippen LogP contribution in [0.2, 0.25) is 0 Å². The van der Waals surface area contributed by atoms with Gasteiger partial charge in [0.05, 0.1) is 13.0 Å². The van der Waals surface area contributed by atoms with Crippen LogP contribution < -0.4 is 15.0 Å². The minimum atomic E-state index is -0.0955. The first-order chi connectivity index (χ1) is 13.6. The molecule has 2 aromatic carbocycles. The molecule has 1 aromatic heterocycles. The summed E-state index contributed by atoms with van der Waals surface area (Å²) in [5.41, 5.74) is 2.55. The second-order valence-corrected chi connectivity index (χ2v) is 7.84. The van der Waals surface area contributed by atoms with Crippen molar-refractivity contribution in [2.45, 2.75) is 19.4 Å². The normalized spacial score (nSPS) is 16.9. The molecule has 1 atom stereocenters. The maximum Gasteiger partial charge on any atom is 0.298 e. The number of hydrogen-bond acceptors (Lipinski definition) is 5. The zero-order valence-corrected chi connectivity index (χ0v) is 17.2. The number of nitrogens with zero attached hydrogens (tertiary/aromatic N) is 2. The Labute approximate surface area is 172 Å². The molecular weight excluding hydrogens is 422 g/mol. The fourth-order valence-corrected chi connectivity index (χ4v) is 3.98. The van der Waals surface area contributed by atoms with Gasteiger partial charge in [-0.15, -0.1) is 0 Å². The number of anilines is 1. The summed E-state index contributed by atoms with van der Waals surface area (Å²) >= 11 is 3.47. The lowest BCUT2D eigenvalue weighted by molar-refractivity contribution is -0.125. The van der Waals surface area contributed by atoms with E-state index in [1.807, 2.05) is 42.5 Å². The van der Waals surface area contributed by atoms with Crippen LogP contribution in [0.3, 0.4) is 0 Å². The van der Waals surface area contributed by atoms with E-state index in [1.54, 1.807) is 7.11 Å². The lowest BCUT2D eigenvalue weighted by Gasteiger charge is -2.30. The summed E-state index contributed by atoms with van der Waals surface area (Å²) in [4.78, 5) is 19.4. The highest BCUT2D eigenvalue weighted by Crippen LogP contribution is 2.27. The molecule has 28 heavy (non-hydrogen) atoms. The molecule has 0 saturated carbocycles. The minimum Gasteiger partial charge on any atom is -0.496 e. The van der Waals surface area contributed by atoms with Gasteiger partial charge in [-0.3, -0.25) is 4.79 Å². The Morgan fingerprint density at radius 3 is 3.04 bits per heavy atom. The number of methoxy groups -OCH3 is 1. The van der Waals surface area contributed by atoms with Crippen LogP contribution >= 0.6 is 15.9 Å². The van der Waals surface area contributed by atoms with Gasteiger partial charge in [-0.2, -0.15) is 4.98 Å². The molecule has 0 radical (unpaired) electrons. The predicted octanol–water partition coefficient (Wildman–Crippen LogP) is 4.13. The third kappa shape index (κ3) is 3.99. The smallest absolute Gasteiger partial charge is 0.298 e. The van der Waals surface area contributed by atoms with Gasteiger partial charge in [0.25, 0.3) is 6.01 Å². The Balaban J connectivity index is 1.41. The molecule has 1 aliphatic rings. The van der Waals surface area contributed by atoms with E-state index in [4.69, 9.17) is 9.15 Å². The number of ether oxygens (including phenoxy) is 1. The van der Waals surface area contributed by atoms with Gasteiger partial charge in [0.15, 0.2) is 5.58 Å². The van der Waals surface area contributed by atoms with Crippen molar-refractivity contribution in [2.75, 3.05) is 25.1 Å². The van der Waals surface area contributed by atoms with Crippen molar-refractivity contribution >= 4 is 39.0 Å². The van der Waals surface area contributed by atoms with Gasteiger partial charge < -0.3 is 19.4 Å². The molecule has 1 saturated heterocycles. The summed E-state index contributed by atoms with van der Waals surface area (Å²) < 4.78 is 12.2. The van der Waals surface area contributed by atoms with Gasteiger partial charge in [-0.1, -0.05) is 28.1 Å². The predicted molar refractivity (Wildman–Crippen MR) is 111 cm³/mol. The van der Waals surface area contributed by atoms with E-state index in [1.165, 1.54) is 0 Å². The van der Waals surface area contributed by atoms with Crippen LogP contribution in [0.15, 0.2) is 51.4 Å². The number of carbonyl (C=O) groups is 1. The summed E-state index contributed by atoms with van der Waals surface area (Å²) in [6.07, 6.45) is 1.79. The second kappa shape index (κ2) is 8.22. The van der Waals surface area contributed by atoms with E-state index in [2.05, 4.69) is 31.1 Å². The number of benzene rings is 2. The fourth-order valence-electron chi connectivity index (χ4n) is 3.57. The third-order valence-electron chi connectivity index (χ3n) is 5.04. The van der Waals surface area contributed by atoms with E-state index in [-0.39, 0.29) is 11.8 Å². The van der Waals surface area contributed by atoms with Crippen LogP contribution in [0.25, 0.3) is 11.1 Å². The third-order valence-corrected chi connectivity index (χ3v) is 5.53. The van der Waals surface area contributed by atoms with Crippen molar-refractivity contribution in [3.63, 3.8) is 0 Å². The lowest BCUT2D eigenvalue weighted by Crippen LogP contribution is -2.43.